The molecule has 1 unspecified atom stereocenters. The van der Waals surface area contributed by atoms with Crippen LogP contribution in [0.4, 0.5) is 13.2 Å². The molecule has 0 N–H and O–H groups in total. The fourth-order valence-corrected chi connectivity index (χ4v) is 2.43. The summed E-state index contributed by atoms with van der Waals surface area (Å²) in [6, 6.07) is 5.28. The maximum absolute atomic E-state index is 12.1. The van der Waals surface area contributed by atoms with E-state index in [0.29, 0.717) is 38.0 Å². The van der Waals surface area contributed by atoms with Crippen molar-refractivity contribution in [3.05, 3.63) is 24.3 Å². The fourth-order valence-electron chi connectivity index (χ4n) is 2.24. The van der Waals surface area contributed by atoms with Gasteiger partial charge in [-0.15, -0.1) is 13.2 Å². The van der Waals surface area contributed by atoms with Crippen LogP contribution in [0.1, 0.15) is 12.8 Å². The number of carbonyl (C=O) groups is 1. The van der Waals surface area contributed by atoms with Crippen molar-refractivity contribution >= 4 is 17.9 Å². The quantitative estimate of drug-likeness (QED) is 0.470. The highest BCUT2D eigenvalue weighted by Gasteiger charge is 2.31. The van der Waals surface area contributed by atoms with E-state index < -0.39 is 11.9 Å². The molecule has 0 radical (unpaired) electrons. The van der Waals surface area contributed by atoms with Gasteiger partial charge in [0.2, 0.25) is 0 Å². The van der Waals surface area contributed by atoms with Gasteiger partial charge in [-0.25, -0.2) is 0 Å². The Morgan fingerprint density at radius 3 is 2.23 bits per heavy atom. The van der Waals surface area contributed by atoms with Gasteiger partial charge in [-0.1, -0.05) is 11.6 Å². The maximum Gasteiger partial charge on any atom is 0.573 e. The molecule has 1 saturated heterocycles. The zero-order chi connectivity index (χ0) is 16.2. The van der Waals surface area contributed by atoms with E-state index in [1.54, 1.807) is 0 Å². The number of halogens is 4. The van der Waals surface area contributed by atoms with E-state index >= 15 is 0 Å². The van der Waals surface area contributed by atoms with Gasteiger partial charge in [-0.2, -0.15) is 0 Å². The number of piperidine rings is 1. The minimum Gasteiger partial charge on any atom is -0.490 e. The van der Waals surface area contributed by atoms with E-state index in [4.69, 9.17) is 16.3 Å². The van der Waals surface area contributed by atoms with Crippen molar-refractivity contribution in [2.24, 2.45) is 0 Å². The highest BCUT2D eigenvalue weighted by Crippen LogP contribution is 2.26. The molecule has 1 heterocycles. The van der Waals surface area contributed by atoms with Crippen molar-refractivity contribution in [2.45, 2.75) is 30.8 Å². The molecule has 122 valence electrons. The lowest BCUT2D eigenvalue weighted by atomic mass is 10.1. The third kappa shape index (κ3) is 5.06. The zero-order valence-corrected chi connectivity index (χ0v) is 12.3. The van der Waals surface area contributed by atoms with Crippen LogP contribution < -0.4 is 9.47 Å². The molecule has 0 aromatic heterocycles. The lowest BCUT2D eigenvalue weighted by Gasteiger charge is -2.33. The van der Waals surface area contributed by atoms with E-state index in [1.807, 2.05) is 4.90 Å². The fraction of sp³-hybridized carbons (Fsp3) is 0.500. The van der Waals surface area contributed by atoms with Crippen LogP contribution in [0.5, 0.6) is 11.5 Å². The molecule has 1 aliphatic rings. The molecule has 1 aromatic carbocycles. The molecule has 1 aromatic rings. The van der Waals surface area contributed by atoms with Gasteiger partial charge in [-0.05, 0) is 37.1 Å². The maximum atomic E-state index is 12.1. The first-order chi connectivity index (χ1) is 10.4. The Hall–Kier alpha value is -1.47. The molecule has 2 rings (SSSR count). The van der Waals surface area contributed by atoms with Crippen molar-refractivity contribution < 1.29 is 27.4 Å². The zero-order valence-electron chi connectivity index (χ0n) is 11.6. The largest absolute Gasteiger partial charge is 0.573 e. The molecule has 0 aliphatic carbocycles. The summed E-state index contributed by atoms with van der Waals surface area (Å²) in [4.78, 5) is 12.5. The molecule has 0 saturated carbocycles. The molecular weight excluding hydrogens is 323 g/mol. The number of rotatable bonds is 5. The Bertz CT molecular complexity index is 487. The van der Waals surface area contributed by atoms with Gasteiger partial charge in [-0.3, -0.25) is 4.90 Å². The van der Waals surface area contributed by atoms with Crippen LogP contribution in [0, 0.1) is 0 Å². The first-order valence-electron chi connectivity index (χ1n) is 6.73. The van der Waals surface area contributed by atoms with Crippen LogP contribution in [0.2, 0.25) is 0 Å². The Balaban J connectivity index is 1.83. The molecule has 1 aliphatic heterocycles. The van der Waals surface area contributed by atoms with Crippen molar-refractivity contribution in [3.8, 4) is 11.5 Å². The number of carbonyl (C=O) groups excluding carboxylic acids is 1. The number of alkyl halides is 4. The molecule has 8 heteroatoms. The first kappa shape index (κ1) is 16.9. The van der Waals surface area contributed by atoms with Crippen molar-refractivity contribution in [3.63, 3.8) is 0 Å². The van der Waals surface area contributed by atoms with Crippen molar-refractivity contribution in [1.82, 2.24) is 4.90 Å². The minimum atomic E-state index is -4.70. The highest BCUT2D eigenvalue weighted by molar-refractivity contribution is 6.27. The third-order valence-corrected chi connectivity index (χ3v) is 3.68. The van der Waals surface area contributed by atoms with Crippen LogP contribution in [0.3, 0.4) is 0 Å². The summed E-state index contributed by atoms with van der Waals surface area (Å²) in [5.74, 6) is 0.191. The van der Waals surface area contributed by atoms with E-state index in [-0.39, 0.29) is 11.9 Å². The summed E-state index contributed by atoms with van der Waals surface area (Å²) < 4.78 is 45.7. The summed E-state index contributed by atoms with van der Waals surface area (Å²) in [6.07, 6.45) is -2.69. The molecule has 0 spiro atoms. The van der Waals surface area contributed by atoms with Crippen LogP contribution in [0.25, 0.3) is 0 Å². The van der Waals surface area contributed by atoms with Crippen LogP contribution in [0.15, 0.2) is 24.3 Å². The average Bonchev–Trinajstić information content (AvgIpc) is 2.48. The van der Waals surface area contributed by atoms with E-state index in [1.165, 1.54) is 24.3 Å². The Labute approximate surface area is 130 Å². The SMILES string of the molecule is O=CC(Cl)N1CCC(Oc2ccc(OC(F)(F)F)cc2)CC1. The van der Waals surface area contributed by atoms with Crippen molar-refractivity contribution in [2.75, 3.05) is 13.1 Å². The van der Waals surface area contributed by atoms with E-state index in [9.17, 15) is 18.0 Å². The Kier molecular flexibility index (Phi) is 5.52. The van der Waals surface area contributed by atoms with Crippen LogP contribution in [-0.4, -0.2) is 42.2 Å². The van der Waals surface area contributed by atoms with Gasteiger partial charge in [0.15, 0.2) is 6.29 Å². The number of hydrogen-bond acceptors (Lipinski definition) is 4. The first-order valence-corrected chi connectivity index (χ1v) is 7.17. The number of hydrogen-bond donors (Lipinski definition) is 0. The summed E-state index contributed by atoms with van der Waals surface area (Å²) in [7, 11) is 0. The second-order valence-corrected chi connectivity index (χ2v) is 5.33. The van der Waals surface area contributed by atoms with Crippen LogP contribution >= 0.6 is 11.6 Å². The molecule has 0 bridgehead atoms. The Morgan fingerprint density at radius 2 is 1.73 bits per heavy atom. The summed E-state index contributed by atoms with van der Waals surface area (Å²) >= 11 is 5.83. The number of likely N-dealkylation sites (tertiary alicyclic amines) is 1. The summed E-state index contributed by atoms with van der Waals surface area (Å²) in [6.45, 7) is 1.26. The van der Waals surface area contributed by atoms with Crippen LogP contribution in [-0.2, 0) is 4.79 Å². The van der Waals surface area contributed by atoms with Gasteiger partial charge in [0.25, 0.3) is 0 Å². The number of benzene rings is 1. The average molecular weight is 338 g/mol. The lowest BCUT2D eigenvalue weighted by molar-refractivity contribution is -0.274. The van der Waals surface area contributed by atoms with E-state index in [0.717, 1.165) is 0 Å². The van der Waals surface area contributed by atoms with Gasteiger partial charge in [0.1, 0.15) is 23.1 Å². The Morgan fingerprint density at radius 1 is 1.18 bits per heavy atom. The van der Waals surface area contributed by atoms with Gasteiger partial charge >= 0.3 is 6.36 Å². The van der Waals surface area contributed by atoms with Crippen molar-refractivity contribution in [1.29, 1.82) is 0 Å². The molecule has 22 heavy (non-hydrogen) atoms. The van der Waals surface area contributed by atoms with E-state index in [2.05, 4.69) is 4.74 Å². The number of aldehydes is 1. The standard InChI is InChI=1S/C14H15ClF3NO3/c15-13(9-20)19-7-5-11(6-8-19)21-10-1-3-12(4-2-10)22-14(16,17)18/h1-4,9,11,13H,5-8H2. The normalized spacial score (nSPS) is 18.7. The van der Waals surface area contributed by atoms with Gasteiger partial charge in [0.05, 0.1) is 0 Å². The highest BCUT2D eigenvalue weighted by atomic mass is 35.5. The smallest absolute Gasteiger partial charge is 0.490 e. The summed E-state index contributed by atoms with van der Waals surface area (Å²) in [5, 5.41) is 0. The number of ether oxygens (including phenoxy) is 2. The summed E-state index contributed by atoms with van der Waals surface area (Å²) in [5.41, 5.74) is -0.625. The molecule has 4 nitrogen and oxygen atoms in total. The minimum absolute atomic E-state index is 0.0545. The molecule has 0 amide bonds. The molecular formula is C14H15ClF3NO3. The molecule has 1 fully saturated rings. The topological polar surface area (TPSA) is 38.8 Å². The number of nitrogens with zero attached hydrogens (tertiary/aromatic N) is 1. The second-order valence-electron chi connectivity index (χ2n) is 4.88. The van der Waals surface area contributed by atoms with Gasteiger partial charge in [0, 0.05) is 13.1 Å². The molecule has 1 atom stereocenters. The second kappa shape index (κ2) is 7.19. The van der Waals surface area contributed by atoms with Gasteiger partial charge < -0.3 is 14.3 Å². The predicted molar refractivity (Wildman–Crippen MR) is 74.1 cm³/mol. The monoisotopic (exact) mass is 337 g/mol. The lowest BCUT2D eigenvalue weighted by Crippen LogP contribution is -2.42. The third-order valence-electron chi connectivity index (χ3n) is 3.30. The predicted octanol–water partition coefficient (Wildman–Crippen LogP) is 3.19.